The molecule has 3 rings (SSSR count). The van der Waals surface area contributed by atoms with Crippen LogP contribution >= 0.6 is 0 Å². The van der Waals surface area contributed by atoms with Gasteiger partial charge in [-0.3, -0.25) is 0 Å². The fraction of sp³-hybridized carbons (Fsp3) is 0.111. The molecule has 3 aromatic rings. The zero-order chi connectivity index (χ0) is 17.9. The van der Waals surface area contributed by atoms with Crippen molar-refractivity contribution in [2.45, 2.75) is 11.4 Å². The first-order valence-electron chi connectivity index (χ1n) is 7.60. The maximum Gasteiger partial charge on any atom is 0.240 e. The van der Waals surface area contributed by atoms with E-state index in [1.54, 1.807) is 30.3 Å². The van der Waals surface area contributed by atoms with Crippen LogP contribution in [0.1, 0.15) is 11.3 Å². The van der Waals surface area contributed by atoms with Gasteiger partial charge in [-0.2, -0.15) is 5.26 Å². The molecule has 0 fully saturated rings. The van der Waals surface area contributed by atoms with E-state index in [0.717, 1.165) is 22.2 Å². The summed E-state index contributed by atoms with van der Waals surface area (Å²) in [5.41, 5.74) is 2.83. The highest BCUT2D eigenvalue weighted by Gasteiger charge is 2.10. The molecule has 7 heteroatoms. The van der Waals surface area contributed by atoms with Crippen molar-refractivity contribution in [2.75, 3.05) is 12.4 Å². The Morgan fingerprint density at radius 3 is 2.52 bits per heavy atom. The Morgan fingerprint density at radius 1 is 1.12 bits per heavy atom. The van der Waals surface area contributed by atoms with Crippen LogP contribution in [0, 0.1) is 11.3 Å². The smallest absolute Gasteiger partial charge is 0.240 e. The second kappa shape index (κ2) is 6.89. The second-order valence-corrected chi connectivity index (χ2v) is 7.28. The van der Waals surface area contributed by atoms with Gasteiger partial charge in [0.25, 0.3) is 0 Å². The molecular weight excluding hydrogens is 336 g/mol. The molecule has 0 saturated carbocycles. The van der Waals surface area contributed by atoms with Crippen molar-refractivity contribution in [3.05, 3.63) is 65.9 Å². The van der Waals surface area contributed by atoms with Gasteiger partial charge in [0.2, 0.25) is 10.0 Å². The maximum atomic E-state index is 11.7. The summed E-state index contributed by atoms with van der Waals surface area (Å²) >= 11 is 0. The van der Waals surface area contributed by atoms with Crippen molar-refractivity contribution in [1.29, 1.82) is 5.26 Å². The van der Waals surface area contributed by atoms with E-state index in [2.05, 4.69) is 21.1 Å². The summed E-state index contributed by atoms with van der Waals surface area (Å²) in [6.45, 7) is 0.499. The normalized spacial score (nSPS) is 11.2. The van der Waals surface area contributed by atoms with Crippen LogP contribution in [0.4, 0.5) is 5.69 Å². The minimum absolute atomic E-state index is 0.222. The van der Waals surface area contributed by atoms with E-state index in [-0.39, 0.29) is 4.90 Å². The SMILES string of the molecule is CNS(=O)(=O)c1ccc(CNc2cc(C#N)nc3ccccc23)cc1. The third-order valence-corrected chi connectivity index (χ3v) is 5.25. The van der Waals surface area contributed by atoms with Gasteiger partial charge >= 0.3 is 0 Å². The summed E-state index contributed by atoms with van der Waals surface area (Å²) < 4.78 is 25.8. The molecule has 25 heavy (non-hydrogen) atoms. The van der Waals surface area contributed by atoms with Gasteiger partial charge in [-0.1, -0.05) is 30.3 Å². The number of hydrogen-bond donors (Lipinski definition) is 2. The number of para-hydroxylation sites is 1. The number of fused-ring (bicyclic) bond motifs is 1. The summed E-state index contributed by atoms with van der Waals surface area (Å²) in [4.78, 5) is 4.50. The highest BCUT2D eigenvalue weighted by Crippen LogP contribution is 2.23. The fourth-order valence-electron chi connectivity index (χ4n) is 2.48. The van der Waals surface area contributed by atoms with Crippen molar-refractivity contribution >= 4 is 26.6 Å². The summed E-state index contributed by atoms with van der Waals surface area (Å²) in [6, 6.07) is 18.0. The van der Waals surface area contributed by atoms with Crippen molar-refractivity contribution in [3.8, 4) is 6.07 Å². The molecule has 0 aliphatic heterocycles. The Labute approximate surface area is 146 Å². The van der Waals surface area contributed by atoms with Crippen LogP contribution in [-0.2, 0) is 16.6 Å². The lowest BCUT2D eigenvalue weighted by atomic mass is 10.1. The van der Waals surface area contributed by atoms with E-state index in [0.29, 0.717) is 12.2 Å². The first-order valence-corrected chi connectivity index (χ1v) is 9.08. The van der Waals surface area contributed by atoms with E-state index >= 15 is 0 Å². The topological polar surface area (TPSA) is 94.9 Å². The number of anilines is 1. The van der Waals surface area contributed by atoms with Crippen LogP contribution < -0.4 is 10.0 Å². The monoisotopic (exact) mass is 352 g/mol. The molecule has 0 aliphatic carbocycles. The maximum absolute atomic E-state index is 11.7. The van der Waals surface area contributed by atoms with Gasteiger partial charge in [-0.05, 0) is 36.9 Å². The molecule has 0 spiro atoms. The zero-order valence-electron chi connectivity index (χ0n) is 13.5. The summed E-state index contributed by atoms with van der Waals surface area (Å²) in [7, 11) is -2.05. The molecule has 0 aliphatic rings. The molecule has 0 atom stereocenters. The zero-order valence-corrected chi connectivity index (χ0v) is 14.3. The molecular formula is C18H16N4O2S. The second-order valence-electron chi connectivity index (χ2n) is 5.39. The molecule has 2 aromatic carbocycles. The number of nitriles is 1. The minimum atomic E-state index is -3.43. The Kier molecular flexibility index (Phi) is 4.65. The number of sulfonamides is 1. The minimum Gasteiger partial charge on any atom is -0.380 e. The predicted molar refractivity (Wildman–Crippen MR) is 96.5 cm³/mol. The standard InChI is InChI=1S/C18H16N4O2S/c1-20-25(23,24)15-8-6-13(7-9-15)12-21-18-10-14(11-19)22-17-5-3-2-4-16(17)18/h2-10,20H,12H2,1H3,(H,21,22). The lowest BCUT2D eigenvalue weighted by Gasteiger charge is -2.11. The van der Waals surface area contributed by atoms with E-state index in [1.165, 1.54) is 7.05 Å². The largest absolute Gasteiger partial charge is 0.380 e. The van der Waals surface area contributed by atoms with Gasteiger partial charge < -0.3 is 5.32 Å². The van der Waals surface area contributed by atoms with Crippen LogP contribution in [0.2, 0.25) is 0 Å². The third-order valence-electron chi connectivity index (χ3n) is 3.82. The first-order chi connectivity index (χ1) is 12.0. The van der Waals surface area contributed by atoms with Gasteiger partial charge in [-0.25, -0.2) is 18.1 Å². The van der Waals surface area contributed by atoms with Crippen molar-refractivity contribution < 1.29 is 8.42 Å². The molecule has 2 N–H and O–H groups in total. The van der Waals surface area contributed by atoms with Gasteiger partial charge in [0.15, 0.2) is 0 Å². The number of rotatable bonds is 5. The molecule has 0 bridgehead atoms. The number of pyridine rings is 1. The molecule has 0 unspecified atom stereocenters. The highest BCUT2D eigenvalue weighted by molar-refractivity contribution is 7.89. The Morgan fingerprint density at radius 2 is 1.84 bits per heavy atom. The molecule has 1 heterocycles. The number of aromatic nitrogens is 1. The van der Waals surface area contributed by atoms with Crippen molar-refractivity contribution in [1.82, 2.24) is 9.71 Å². The molecule has 6 nitrogen and oxygen atoms in total. The highest BCUT2D eigenvalue weighted by atomic mass is 32.2. The van der Waals surface area contributed by atoms with Gasteiger partial charge in [0.05, 0.1) is 10.4 Å². The molecule has 1 aromatic heterocycles. The molecule has 0 radical (unpaired) electrons. The number of nitrogens with one attached hydrogen (secondary N) is 2. The van der Waals surface area contributed by atoms with Crippen LogP contribution in [-0.4, -0.2) is 20.4 Å². The van der Waals surface area contributed by atoms with Crippen molar-refractivity contribution in [3.63, 3.8) is 0 Å². The van der Waals surface area contributed by atoms with E-state index < -0.39 is 10.0 Å². The van der Waals surface area contributed by atoms with Crippen LogP contribution in [0.15, 0.2) is 59.5 Å². The molecule has 0 amide bonds. The van der Waals surface area contributed by atoms with Crippen LogP contribution in [0.5, 0.6) is 0 Å². The third kappa shape index (κ3) is 3.60. The van der Waals surface area contributed by atoms with Crippen LogP contribution in [0.25, 0.3) is 10.9 Å². The van der Waals surface area contributed by atoms with E-state index in [1.807, 2.05) is 24.3 Å². The van der Waals surface area contributed by atoms with Crippen LogP contribution in [0.3, 0.4) is 0 Å². The van der Waals surface area contributed by atoms with Crippen molar-refractivity contribution in [2.24, 2.45) is 0 Å². The lowest BCUT2D eigenvalue weighted by molar-refractivity contribution is 0.588. The first kappa shape index (κ1) is 16.9. The number of hydrogen-bond acceptors (Lipinski definition) is 5. The van der Waals surface area contributed by atoms with Gasteiger partial charge in [-0.15, -0.1) is 0 Å². The summed E-state index contributed by atoms with van der Waals surface area (Å²) in [6.07, 6.45) is 0. The number of nitrogens with zero attached hydrogens (tertiary/aromatic N) is 2. The number of benzene rings is 2. The fourth-order valence-corrected chi connectivity index (χ4v) is 3.21. The average molecular weight is 352 g/mol. The van der Waals surface area contributed by atoms with Gasteiger partial charge in [0.1, 0.15) is 11.8 Å². The average Bonchev–Trinajstić information content (AvgIpc) is 2.66. The summed E-state index contributed by atoms with van der Waals surface area (Å²) in [5.74, 6) is 0. The van der Waals surface area contributed by atoms with E-state index in [9.17, 15) is 8.42 Å². The van der Waals surface area contributed by atoms with E-state index in [4.69, 9.17) is 5.26 Å². The summed E-state index contributed by atoms with van der Waals surface area (Å²) in [5, 5.41) is 13.4. The Hall–Kier alpha value is -2.95. The van der Waals surface area contributed by atoms with Gasteiger partial charge in [0, 0.05) is 17.6 Å². The molecule has 0 saturated heterocycles. The predicted octanol–water partition coefficient (Wildman–Crippen LogP) is 2.63. The Balaban J connectivity index is 1.85. The lowest BCUT2D eigenvalue weighted by Crippen LogP contribution is -2.18. The molecule has 126 valence electrons. The Bertz CT molecular complexity index is 1050. The quantitative estimate of drug-likeness (QED) is 0.736.